The fourth-order valence-corrected chi connectivity index (χ4v) is 2.46. The molecule has 0 atom stereocenters. The van der Waals surface area contributed by atoms with Crippen LogP contribution >= 0.6 is 0 Å². The van der Waals surface area contributed by atoms with E-state index >= 15 is 0 Å². The highest BCUT2D eigenvalue weighted by Crippen LogP contribution is 2.32. The fraction of sp³-hybridized carbons (Fsp3) is 0.278. The molecule has 1 aliphatic heterocycles. The number of fused-ring (bicyclic) bond motifs is 1. The van der Waals surface area contributed by atoms with Gasteiger partial charge in [-0.05, 0) is 42.0 Å². The molecule has 5 nitrogen and oxygen atoms in total. The molecule has 0 aliphatic carbocycles. The number of alkyl halides is 3. The van der Waals surface area contributed by atoms with Gasteiger partial charge in [-0.25, -0.2) is 0 Å². The van der Waals surface area contributed by atoms with Gasteiger partial charge < -0.3 is 19.1 Å². The van der Waals surface area contributed by atoms with E-state index in [0.29, 0.717) is 23.6 Å². The molecule has 0 radical (unpaired) electrons. The number of nitrogens with zero attached hydrogens (tertiary/aromatic N) is 1. The van der Waals surface area contributed by atoms with Gasteiger partial charge in [-0.2, -0.15) is 13.2 Å². The van der Waals surface area contributed by atoms with Gasteiger partial charge in [0, 0.05) is 19.2 Å². The monoisotopic (exact) mass is 367 g/mol. The average molecular weight is 367 g/mol. The lowest BCUT2D eigenvalue weighted by molar-refractivity contribution is -0.153. The van der Waals surface area contributed by atoms with Gasteiger partial charge in [0.1, 0.15) is 5.75 Å². The van der Waals surface area contributed by atoms with Gasteiger partial charge in [-0.15, -0.1) is 0 Å². The molecule has 0 fully saturated rings. The summed E-state index contributed by atoms with van der Waals surface area (Å²) in [6.45, 7) is -0.845. The number of rotatable bonds is 5. The largest absolute Gasteiger partial charge is 0.484 e. The Morgan fingerprint density at radius 1 is 1.12 bits per heavy atom. The zero-order valence-corrected chi connectivity index (χ0v) is 13.9. The van der Waals surface area contributed by atoms with E-state index in [1.165, 1.54) is 29.2 Å². The van der Waals surface area contributed by atoms with E-state index in [1.807, 2.05) is 6.07 Å². The van der Waals surface area contributed by atoms with E-state index in [4.69, 9.17) is 9.47 Å². The van der Waals surface area contributed by atoms with Crippen LogP contribution in [0, 0.1) is 0 Å². The van der Waals surface area contributed by atoms with E-state index in [0.717, 1.165) is 5.56 Å². The molecule has 1 amide bonds. The Labute approximate surface area is 147 Å². The predicted octanol–water partition coefficient (Wildman–Crippen LogP) is 3.63. The van der Waals surface area contributed by atoms with Gasteiger partial charge in [0.05, 0.1) is 0 Å². The van der Waals surface area contributed by atoms with Crippen LogP contribution in [0.5, 0.6) is 17.2 Å². The Bertz CT molecular complexity index is 790. The van der Waals surface area contributed by atoms with Crippen LogP contribution in [-0.2, 0) is 6.54 Å². The number of hydrogen-bond acceptors (Lipinski definition) is 4. The van der Waals surface area contributed by atoms with Crippen molar-refractivity contribution >= 4 is 5.91 Å². The smallest absolute Gasteiger partial charge is 0.422 e. The molecular weight excluding hydrogens is 351 g/mol. The third kappa shape index (κ3) is 4.38. The molecule has 0 saturated heterocycles. The number of hydrogen-bond donors (Lipinski definition) is 0. The number of benzene rings is 2. The molecule has 26 heavy (non-hydrogen) atoms. The molecule has 138 valence electrons. The summed E-state index contributed by atoms with van der Waals surface area (Å²) in [6.07, 6.45) is -4.40. The normalized spacial score (nSPS) is 12.8. The van der Waals surface area contributed by atoms with E-state index in [2.05, 4.69) is 4.74 Å². The van der Waals surface area contributed by atoms with Crippen molar-refractivity contribution in [3.8, 4) is 17.2 Å². The summed E-state index contributed by atoms with van der Waals surface area (Å²) in [5.41, 5.74) is 1.22. The molecule has 1 aliphatic rings. The van der Waals surface area contributed by atoms with Crippen LogP contribution in [0.1, 0.15) is 15.9 Å². The molecule has 0 spiro atoms. The van der Waals surface area contributed by atoms with Crippen molar-refractivity contribution in [1.82, 2.24) is 4.90 Å². The Kier molecular flexibility index (Phi) is 4.92. The molecule has 2 aromatic carbocycles. The van der Waals surface area contributed by atoms with Gasteiger partial charge in [0.25, 0.3) is 5.91 Å². The van der Waals surface area contributed by atoms with Crippen LogP contribution in [0.3, 0.4) is 0 Å². The minimum atomic E-state index is -4.40. The highest BCUT2D eigenvalue weighted by molar-refractivity contribution is 5.94. The molecule has 0 saturated carbocycles. The van der Waals surface area contributed by atoms with Crippen LogP contribution in [-0.4, -0.2) is 37.4 Å². The third-order valence-corrected chi connectivity index (χ3v) is 3.71. The molecule has 1 heterocycles. The van der Waals surface area contributed by atoms with Crippen molar-refractivity contribution in [2.45, 2.75) is 12.7 Å². The molecule has 0 bridgehead atoms. The lowest BCUT2D eigenvalue weighted by atomic mass is 10.1. The zero-order valence-electron chi connectivity index (χ0n) is 13.9. The lowest BCUT2D eigenvalue weighted by Crippen LogP contribution is -2.26. The first-order chi connectivity index (χ1) is 12.3. The number of halogens is 3. The second-order valence-electron chi connectivity index (χ2n) is 5.78. The Morgan fingerprint density at radius 3 is 2.50 bits per heavy atom. The average Bonchev–Trinajstić information content (AvgIpc) is 3.07. The SMILES string of the molecule is CN(Cc1ccc2c(c1)OCO2)C(=O)c1ccc(OCC(F)(F)F)cc1. The lowest BCUT2D eigenvalue weighted by Gasteiger charge is -2.18. The standard InChI is InChI=1S/C18H16F3NO4/c1-22(9-12-2-7-15-16(8-12)26-11-25-15)17(23)13-3-5-14(6-4-13)24-10-18(19,20)21/h2-8H,9-11H2,1H3. The van der Waals surface area contributed by atoms with Crippen LogP contribution in [0.4, 0.5) is 13.2 Å². The van der Waals surface area contributed by atoms with Gasteiger partial charge >= 0.3 is 6.18 Å². The first-order valence-corrected chi connectivity index (χ1v) is 7.75. The van der Waals surface area contributed by atoms with Crippen molar-refractivity contribution < 1.29 is 32.2 Å². The minimum absolute atomic E-state index is 0.0531. The van der Waals surface area contributed by atoms with Crippen molar-refractivity contribution in [3.63, 3.8) is 0 Å². The second-order valence-corrected chi connectivity index (χ2v) is 5.78. The summed E-state index contributed by atoms with van der Waals surface area (Å²) in [5.74, 6) is 1.09. The van der Waals surface area contributed by atoms with Crippen molar-refractivity contribution in [2.75, 3.05) is 20.4 Å². The molecule has 2 aromatic rings. The Morgan fingerprint density at radius 2 is 1.81 bits per heavy atom. The molecule has 0 aromatic heterocycles. The summed E-state index contributed by atoms with van der Waals surface area (Å²) >= 11 is 0. The number of carbonyl (C=O) groups excluding carboxylic acids is 1. The first kappa shape index (κ1) is 17.9. The van der Waals surface area contributed by atoms with Crippen LogP contribution < -0.4 is 14.2 Å². The highest BCUT2D eigenvalue weighted by Gasteiger charge is 2.28. The summed E-state index contributed by atoms with van der Waals surface area (Å²) in [5, 5.41) is 0. The number of amides is 1. The Balaban J connectivity index is 1.61. The molecule has 0 unspecified atom stereocenters. The quantitative estimate of drug-likeness (QED) is 0.810. The molecule has 0 N–H and O–H groups in total. The van der Waals surface area contributed by atoms with Gasteiger partial charge in [0.2, 0.25) is 6.79 Å². The van der Waals surface area contributed by atoms with E-state index in [9.17, 15) is 18.0 Å². The summed E-state index contributed by atoms with van der Waals surface area (Å²) in [7, 11) is 1.64. The molecule has 8 heteroatoms. The second kappa shape index (κ2) is 7.15. The van der Waals surface area contributed by atoms with E-state index < -0.39 is 12.8 Å². The Hall–Kier alpha value is -2.90. The van der Waals surface area contributed by atoms with Crippen LogP contribution in [0.25, 0.3) is 0 Å². The maximum absolute atomic E-state index is 12.5. The molecular formula is C18H16F3NO4. The van der Waals surface area contributed by atoms with Gasteiger partial charge in [-0.3, -0.25) is 4.79 Å². The first-order valence-electron chi connectivity index (χ1n) is 7.75. The topological polar surface area (TPSA) is 48.0 Å². The third-order valence-electron chi connectivity index (χ3n) is 3.71. The summed E-state index contributed by atoms with van der Waals surface area (Å²) in [6, 6.07) is 11.0. The van der Waals surface area contributed by atoms with Crippen LogP contribution in [0.2, 0.25) is 0 Å². The van der Waals surface area contributed by atoms with Crippen molar-refractivity contribution in [1.29, 1.82) is 0 Å². The summed E-state index contributed by atoms with van der Waals surface area (Å²) in [4.78, 5) is 14.0. The van der Waals surface area contributed by atoms with E-state index in [-0.39, 0.29) is 18.4 Å². The van der Waals surface area contributed by atoms with Crippen molar-refractivity contribution in [2.24, 2.45) is 0 Å². The van der Waals surface area contributed by atoms with Gasteiger partial charge in [0.15, 0.2) is 18.1 Å². The van der Waals surface area contributed by atoms with Gasteiger partial charge in [-0.1, -0.05) is 6.07 Å². The minimum Gasteiger partial charge on any atom is -0.484 e. The summed E-state index contributed by atoms with van der Waals surface area (Å²) < 4.78 is 51.6. The maximum Gasteiger partial charge on any atom is 0.422 e. The van der Waals surface area contributed by atoms with Crippen LogP contribution in [0.15, 0.2) is 42.5 Å². The molecule has 3 rings (SSSR count). The van der Waals surface area contributed by atoms with E-state index in [1.54, 1.807) is 19.2 Å². The predicted molar refractivity (Wildman–Crippen MR) is 86.4 cm³/mol. The number of carbonyl (C=O) groups is 1. The fourth-order valence-electron chi connectivity index (χ4n) is 2.46. The highest BCUT2D eigenvalue weighted by atomic mass is 19.4. The maximum atomic E-state index is 12.5. The zero-order chi connectivity index (χ0) is 18.7. The number of ether oxygens (including phenoxy) is 3. The van der Waals surface area contributed by atoms with Crippen molar-refractivity contribution in [3.05, 3.63) is 53.6 Å².